The van der Waals surface area contributed by atoms with E-state index in [-0.39, 0.29) is 5.56 Å². The minimum Gasteiger partial charge on any atom is -0.469 e. The molecule has 94 valence electrons. The Morgan fingerprint density at radius 2 is 2.12 bits per heavy atom. The van der Waals surface area contributed by atoms with E-state index in [9.17, 15) is 13.6 Å². The zero-order valence-electron chi connectivity index (χ0n) is 10.0. The van der Waals surface area contributed by atoms with E-state index < -0.39 is 23.5 Å². The molecule has 0 fully saturated rings. The maximum atomic E-state index is 13.6. The van der Waals surface area contributed by atoms with Crippen LogP contribution in [0.4, 0.5) is 8.78 Å². The molecule has 1 aromatic rings. The van der Waals surface area contributed by atoms with E-state index in [2.05, 4.69) is 4.74 Å². The normalized spacial score (nSPS) is 12.2. The zero-order chi connectivity index (χ0) is 12.8. The van der Waals surface area contributed by atoms with Crippen molar-refractivity contribution >= 4 is 5.97 Å². The van der Waals surface area contributed by atoms with Crippen molar-refractivity contribution in [3.8, 4) is 0 Å². The van der Waals surface area contributed by atoms with Crippen LogP contribution in [0.3, 0.4) is 0 Å². The number of benzene rings is 1. The number of carbonyl (C=O) groups excluding carboxylic acids is 1. The molecule has 0 saturated carbocycles. The summed E-state index contributed by atoms with van der Waals surface area (Å²) in [4.78, 5) is 11.6. The Labute approximate surface area is 99.6 Å². The van der Waals surface area contributed by atoms with Gasteiger partial charge in [-0.25, -0.2) is 8.78 Å². The van der Waals surface area contributed by atoms with E-state index in [1.165, 1.54) is 19.2 Å². The van der Waals surface area contributed by atoms with E-state index in [4.69, 9.17) is 0 Å². The third-order valence-electron chi connectivity index (χ3n) is 2.69. The number of rotatable bonds is 5. The van der Waals surface area contributed by atoms with Crippen LogP contribution in [-0.4, -0.2) is 13.1 Å². The number of ether oxygens (including phenoxy) is 1. The van der Waals surface area contributed by atoms with Crippen LogP contribution >= 0.6 is 0 Å². The average Bonchev–Trinajstić information content (AvgIpc) is 2.34. The van der Waals surface area contributed by atoms with Crippen LogP contribution in [0, 0.1) is 11.6 Å². The molecule has 1 rings (SSSR count). The van der Waals surface area contributed by atoms with Crippen LogP contribution in [0.1, 0.15) is 37.7 Å². The highest BCUT2D eigenvalue weighted by Crippen LogP contribution is 2.27. The lowest BCUT2D eigenvalue weighted by Gasteiger charge is -2.15. The molecule has 0 spiro atoms. The monoisotopic (exact) mass is 242 g/mol. The molecule has 0 aromatic heterocycles. The molecule has 0 aliphatic carbocycles. The van der Waals surface area contributed by atoms with Gasteiger partial charge in [0.05, 0.1) is 13.0 Å². The van der Waals surface area contributed by atoms with Gasteiger partial charge in [0, 0.05) is 5.56 Å². The second-order valence-electron chi connectivity index (χ2n) is 3.86. The van der Waals surface area contributed by atoms with Gasteiger partial charge >= 0.3 is 5.97 Å². The first-order chi connectivity index (χ1) is 8.11. The highest BCUT2D eigenvalue weighted by molar-refractivity contribution is 5.78. The Morgan fingerprint density at radius 3 is 2.71 bits per heavy atom. The van der Waals surface area contributed by atoms with Crippen molar-refractivity contribution < 1.29 is 18.3 Å². The van der Waals surface area contributed by atoms with Crippen LogP contribution in [0.15, 0.2) is 18.2 Å². The minimum atomic E-state index is -0.959. The first kappa shape index (κ1) is 13.6. The van der Waals surface area contributed by atoms with Gasteiger partial charge in [-0.15, -0.1) is 0 Å². The number of hydrogen-bond acceptors (Lipinski definition) is 2. The van der Waals surface area contributed by atoms with Gasteiger partial charge in [-0.2, -0.15) is 0 Å². The average molecular weight is 242 g/mol. The fourth-order valence-corrected chi connectivity index (χ4v) is 1.74. The summed E-state index contributed by atoms with van der Waals surface area (Å²) in [5.74, 6) is -3.15. The third-order valence-corrected chi connectivity index (χ3v) is 2.69. The van der Waals surface area contributed by atoms with Gasteiger partial charge in [0.25, 0.3) is 0 Å². The summed E-state index contributed by atoms with van der Waals surface area (Å²) in [6.07, 6.45) is 2.10. The number of unbranched alkanes of at least 4 members (excludes halogenated alkanes) is 1. The van der Waals surface area contributed by atoms with Crippen LogP contribution in [0.2, 0.25) is 0 Å². The van der Waals surface area contributed by atoms with Gasteiger partial charge in [-0.05, 0) is 12.5 Å². The van der Waals surface area contributed by atoms with Crippen LogP contribution in [0.5, 0.6) is 0 Å². The van der Waals surface area contributed by atoms with Crippen molar-refractivity contribution in [2.24, 2.45) is 0 Å². The maximum absolute atomic E-state index is 13.6. The van der Waals surface area contributed by atoms with Crippen molar-refractivity contribution in [1.29, 1.82) is 0 Å². The lowest BCUT2D eigenvalue weighted by atomic mass is 9.93. The number of carbonyl (C=O) groups is 1. The molecule has 0 amide bonds. The summed E-state index contributed by atoms with van der Waals surface area (Å²) in [6, 6.07) is 3.86. The molecule has 0 heterocycles. The van der Waals surface area contributed by atoms with E-state index >= 15 is 0 Å². The molecule has 0 radical (unpaired) electrons. The van der Waals surface area contributed by atoms with Crippen LogP contribution < -0.4 is 0 Å². The summed E-state index contributed by atoms with van der Waals surface area (Å²) >= 11 is 0. The third kappa shape index (κ3) is 3.25. The summed E-state index contributed by atoms with van der Waals surface area (Å²) in [5.41, 5.74) is 0.0744. The van der Waals surface area contributed by atoms with Crippen molar-refractivity contribution in [2.75, 3.05) is 7.11 Å². The molecule has 0 aliphatic heterocycles. The van der Waals surface area contributed by atoms with E-state index in [1.807, 2.05) is 6.92 Å². The quantitative estimate of drug-likeness (QED) is 0.739. The molecule has 1 aromatic carbocycles. The summed E-state index contributed by atoms with van der Waals surface area (Å²) in [6.45, 7) is 1.97. The number of hydrogen-bond donors (Lipinski definition) is 0. The van der Waals surface area contributed by atoms with E-state index in [0.717, 1.165) is 18.9 Å². The molecule has 1 unspecified atom stereocenters. The van der Waals surface area contributed by atoms with Crippen LogP contribution in [0.25, 0.3) is 0 Å². The largest absolute Gasteiger partial charge is 0.469 e. The first-order valence-electron chi connectivity index (χ1n) is 5.63. The Morgan fingerprint density at radius 1 is 1.41 bits per heavy atom. The molecule has 0 aliphatic rings. The molecular formula is C13H16F2O2. The minimum absolute atomic E-state index is 0.0744. The van der Waals surface area contributed by atoms with Gasteiger partial charge in [-0.3, -0.25) is 4.79 Å². The molecular weight excluding hydrogens is 226 g/mol. The number of methoxy groups -OCH3 is 1. The fraction of sp³-hybridized carbons (Fsp3) is 0.462. The Hall–Kier alpha value is -1.45. The number of esters is 1. The highest BCUT2D eigenvalue weighted by Gasteiger charge is 2.25. The van der Waals surface area contributed by atoms with Gasteiger partial charge in [0.2, 0.25) is 0 Å². The Kier molecular flexibility index (Phi) is 5.07. The first-order valence-corrected chi connectivity index (χ1v) is 5.63. The summed E-state index contributed by atoms with van der Waals surface area (Å²) in [7, 11) is 1.25. The lowest BCUT2D eigenvalue weighted by molar-refractivity contribution is -0.142. The van der Waals surface area contributed by atoms with E-state index in [0.29, 0.717) is 6.42 Å². The second-order valence-corrected chi connectivity index (χ2v) is 3.86. The van der Waals surface area contributed by atoms with Crippen molar-refractivity contribution in [3.05, 3.63) is 35.4 Å². The SMILES string of the molecule is CCCCC(C(=O)OC)c1cccc(F)c1F. The second kappa shape index (κ2) is 6.33. The lowest BCUT2D eigenvalue weighted by Crippen LogP contribution is -2.16. The van der Waals surface area contributed by atoms with Crippen molar-refractivity contribution in [1.82, 2.24) is 0 Å². The molecule has 1 atom stereocenters. The van der Waals surface area contributed by atoms with Gasteiger partial charge in [-0.1, -0.05) is 31.9 Å². The molecule has 2 nitrogen and oxygen atoms in total. The predicted molar refractivity (Wildman–Crippen MR) is 60.6 cm³/mol. The smallest absolute Gasteiger partial charge is 0.313 e. The van der Waals surface area contributed by atoms with Gasteiger partial charge in [0.15, 0.2) is 11.6 Å². The Bertz CT molecular complexity index is 391. The van der Waals surface area contributed by atoms with Crippen molar-refractivity contribution in [3.63, 3.8) is 0 Å². The predicted octanol–water partition coefficient (Wildman–Crippen LogP) is 3.41. The van der Waals surface area contributed by atoms with E-state index in [1.54, 1.807) is 0 Å². The highest BCUT2D eigenvalue weighted by atomic mass is 19.2. The topological polar surface area (TPSA) is 26.3 Å². The van der Waals surface area contributed by atoms with Crippen molar-refractivity contribution in [2.45, 2.75) is 32.1 Å². The fourth-order valence-electron chi connectivity index (χ4n) is 1.74. The standard InChI is InChI=1S/C13H16F2O2/c1-3-4-6-10(13(16)17-2)9-7-5-8-11(14)12(9)15/h5,7-8,10H,3-4,6H2,1-2H3. The van der Waals surface area contributed by atoms with Gasteiger partial charge < -0.3 is 4.74 Å². The van der Waals surface area contributed by atoms with Gasteiger partial charge in [0.1, 0.15) is 0 Å². The number of halogens is 2. The molecule has 4 heteroatoms. The molecule has 0 saturated heterocycles. The molecule has 0 N–H and O–H groups in total. The summed E-state index contributed by atoms with van der Waals surface area (Å²) in [5, 5.41) is 0. The maximum Gasteiger partial charge on any atom is 0.313 e. The molecule has 0 bridgehead atoms. The zero-order valence-corrected chi connectivity index (χ0v) is 10.0. The Balaban J connectivity index is 3.03. The van der Waals surface area contributed by atoms with Crippen LogP contribution in [-0.2, 0) is 9.53 Å². The summed E-state index contributed by atoms with van der Waals surface area (Å²) < 4.78 is 31.3. The molecule has 17 heavy (non-hydrogen) atoms.